The van der Waals surface area contributed by atoms with Crippen LogP contribution in [0.1, 0.15) is 38.5 Å². The van der Waals surface area contributed by atoms with Gasteiger partial charge in [0, 0.05) is 18.0 Å². The van der Waals surface area contributed by atoms with Crippen LogP contribution in [0.5, 0.6) is 5.75 Å². The van der Waals surface area contributed by atoms with Crippen LogP contribution in [0.2, 0.25) is 0 Å². The van der Waals surface area contributed by atoms with Crippen LogP contribution < -0.4 is 4.90 Å². The predicted octanol–water partition coefficient (Wildman–Crippen LogP) is 4.10. The van der Waals surface area contributed by atoms with Gasteiger partial charge in [-0.1, -0.05) is 25.0 Å². The summed E-state index contributed by atoms with van der Waals surface area (Å²) in [6.07, 6.45) is 8.05. The van der Waals surface area contributed by atoms with E-state index in [2.05, 4.69) is 17.0 Å². The number of para-hydroxylation sites is 1. The monoisotopic (exact) mass is 282 g/mol. The van der Waals surface area contributed by atoms with Gasteiger partial charge < -0.3 is 10.0 Å². The summed E-state index contributed by atoms with van der Waals surface area (Å²) in [6.45, 7) is 1.10. The van der Waals surface area contributed by atoms with Gasteiger partial charge in [0.05, 0.1) is 0 Å². The lowest BCUT2D eigenvalue weighted by atomic mass is 9.78. The molecule has 4 rings (SSSR count). The maximum atomic E-state index is 10.0. The molecule has 1 aliphatic heterocycles. The molecule has 1 aromatic carbocycles. The van der Waals surface area contributed by atoms with Gasteiger partial charge in [-0.3, -0.25) is 0 Å². The van der Waals surface area contributed by atoms with Crippen molar-refractivity contribution < 1.29 is 5.11 Å². The summed E-state index contributed by atoms with van der Waals surface area (Å²) in [5, 5.41) is 11.1. The van der Waals surface area contributed by atoms with E-state index in [9.17, 15) is 5.11 Å². The Morgan fingerprint density at radius 2 is 1.86 bits per heavy atom. The van der Waals surface area contributed by atoms with Crippen molar-refractivity contribution in [2.24, 2.45) is 5.92 Å². The molecule has 0 spiro atoms. The highest BCUT2D eigenvalue weighted by Crippen LogP contribution is 2.38. The van der Waals surface area contributed by atoms with E-state index >= 15 is 0 Å². The van der Waals surface area contributed by atoms with Crippen molar-refractivity contribution in [2.75, 3.05) is 11.4 Å². The summed E-state index contributed by atoms with van der Waals surface area (Å²) in [7, 11) is 0. The molecule has 1 N–H and O–H groups in total. The molecule has 1 aliphatic carbocycles. The predicted molar refractivity (Wildman–Crippen MR) is 85.7 cm³/mol. The lowest BCUT2D eigenvalue weighted by Crippen LogP contribution is -2.47. The number of phenolic OH excluding ortho intramolecular Hbond substituents is 1. The van der Waals surface area contributed by atoms with Crippen molar-refractivity contribution in [1.82, 2.24) is 4.98 Å². The minimum Gasteiger partial charge on any atom is -0.506 e. The highest BCUT2D eigenvalue weighted by Gasteiger charge is 2.33. The van der Waals surface area contributed by atoms with Crippen molar-refractivity contribution in [2.45, 2.75) is 44.6 Å². The fraction of sp³-hybridized carbons (Fsp3) is 0.500. The maximum absolute atomic E-state index is 10.0. The Morgan fingerprint density at radius 3 is 2.81 bits per heavy atom. The van der Waals surface area contributed by atoms with Crippen LogP contribution in [0.25, 0.3) is 10.9 Å². The number of benzene rings is 1. The summed E-state index contributed by atoms with van der Waals surface area (Å²) >= 11 is 0. The number of pyridine rings is 1. The second-order valence-electron chi connectivity index (χ2n) is 6.47. The van der Waals surface area contributed by atoms with Crippen LogP contribution in [0.15, 0.2) is 30.3 Å². The van der Waals surface area contributed by atoms with Crippen LogP contribution in [0, 0.1) is 5.92 Å². The molecule has 3 heteroatoms. The van der Waals surface area contributed by atoms with Crippen LogP contribution in [-0.4, -0.2) is 22.7 Å². The molecule has 2 unspecified atom stereocenters. The quantitative estimate of drug-likeness (QED) is 0.855. The Balaban J connectivity index is 1.73. The van der Waals surface area contributed by atoms with Crippen molar-refractivity contribution in [3.8, 4) is 5.75 Å². The SMILES string of the molecule is Oc1cccc2ccc(N3CCCC4CCCCC43)nc12. The highest BCUT2D eigenvalue weighted by molar-refractivity contribution is 5.85. The number of phenols is 1. The first-order valence-electron chi connectivity index (χ1n) is 8.18. The minimum absolute atomic E-state index is 0.284. The van der Waals surface area contributed by atoms with Gasteiger partial charge >= 0.3 is 0 Å². The highest BCUT2D eigenvalue weighted by atomic mass is 16.3. The smallest absolute Gasteiger partial charge is 0.141 e. The molecule has 2 atom stereocenters. The normalized spacial score (nSPS) is 25.8. The van der Waals surface area contributed by atoms with Gasteiger partial charge in [-0.2, -0.15) is 0 Å². The average molecular weight is 282 g/mol. The topological polar surface area (TPSA) is 36.4 Å². The summed E-state index contributed by atoms with van der Waals surface area (Å²) in [6, 6.07) is 10.5. The first-order chi connectivity index (χ1) is 10.3. The zero-order valence-corrected chi connectivity index (χ0v) is 12.3. The molecule has 110 valence electrons. The Hall–Kier alpha value is -1.77. The number of rotatable bonds is 1. The van der Waals surface area contributed by atoms with Crippen molar-refractivity contribution in [1.29, 1.82) is 0 Å². The maximum Gasteiger partial charge on any atom is 0.141 e. The van der Waals surface area contributed by atoms with Crippen LogP contribution in [0.4, 0.5) is 5.82 Å². The van der Waals surface area contributed by atoms with E-state index in [0.717, 1.165) is 29.2 Å². The van der Waals surface area contributed by atoms with E-state index in [4.69, 9.17) is 4.98 Å². The second-order valence-corrected chi connectivity index (χ2v) is 6.47. The van der Waals surface area contributed by atoms with Crippen molar-refractivity contribution in [3.05, 3.63) is 30.3 Å². The lowest BCUT2D eigenvalue weighted by molar-refractivity contribution is 0.243. The molecular weight excluding hydrogens is 260 g/mol. The third-order valence-electron chi connectivity index (χ3n) is 5.22. The molecule has 2 fully saturated rings. The fourth-order valence-electron chi connectivity index (χ4n) is 4.19. The Labute approximate surface area is 125 Å². The summed E-state index contributed by atoms with van der Waals surface area (Å²) in [5.74, 6) is 2.17. The molecule has 0 radical (unpaired) electrons. The molecule has 2 aromatic rings. The molecule has 0 amide bonds. The number of aromatic nitrogens is 1. The number of hydrogen-bond acceptors (Lipinski definition) is 3. The van der Waals surface area contributed by atoms with E-state index in [0.29, 0.717) is 6.04 Å². The third kappa shape index (κ3) is 2.25. The fourth-order valence-corrected chi connectivity index (χ4v) is 4.19. The number of aromatic hydroxyl groups is 1. The molecule has 1 saturated heterocycles. The summed E-state index contributed by atoms with van der Waals surface area (Å²) in [4.78, 5) is 7.26. The van der Waals surface area contributed by atoms with Gasteiger partial charge in [-0.15, -0.1) is 0 Å². The first kappa shape index (κ1) is 12.9. The number of fused-ring (bicyclic) bond motifs is 2. The minimum atomic E-state index is 0.284. The molecule has 1 saturated carbocycles. The first-order valence-corrected chi connectivity index (χ1v) is 8.18. The van der Waals surface area contributed by atoms with Gasteiger partial charge in [0.2, 0.25) is 0 Å². The zero-order chi connectivity index (χ0) is 14.2. The zero-order valence-electron chi connectivity index (χ0n) is 12.3. The number of anilines is 1. The third-order valence-corrected chi connectivity index (χ3v) is 5.22. The van der Waals surface area contributed by atoms with Crippen molar-refractivity contribution >= 4 is 16.7 Å². The van der Waals surface area contributed by atoms with Gasteiger partial charge in [0.1, 0.15) is 17.1 Å². The average Bonchev–Trinajstić information content (AvgIpc) is 2.54. The summed E-state index contributed by atoms with van der Waals surface area (Å²) < 4.78 is 0. The van der Waals surface area contributed by atoms with E-state index in [1.165, 1.54) is 38.5 Å². The molecule has 3 nitrogen and oxygen atoms in total. The molecule has 0 bridgehead atoms. The van der Waals surface area contributed by atoms with E-state index in [1.54, 1.807) is 6.07 Å². The van der Waals surface area contributed by atoms with Crippen molar-refractivity contribution in [3.63, 3.8) is 0 Å². The molecule has 2 aliphatic rings. The van der Waals surface area contributed by atoms with Gasteiger partial charge in [0.25, 0.3) is 0 Å². The van der Waals surface area contributed by atoms with Crippen LogP contribution in [0.3, 0.4) is 0 Å². The van der Waals surface area contributed by atoms with E-state index in [-0.39, 0.29) is 5.75 Å². The number of piperidine rings is 1. The van der Waals surface area contributed by atoms with E-state index in [1.807, 2.05) is 12.1 Å². The molecule has 2 heterocycles. The van der Waals surface area contributed by atoms with Crippen LogP contribution in [-0.2, 0) is 0 Å². The van der Waals surface area contributed by atoms with Crippen LogP contribution >= 0.6 is 0 Å². The molecular formula is C18H22N2O. The number of hydrogen-bond donors (Lipinski definition) is 1. The standard InChI is InChI=1S/C18H22N2O/c21-16-9-3-6-14-10-11-17(19-18(14)16)20-12-4-7-13-5-1-2-8-15(13)20/h3,6,9-11,13,15,21H,1-2,4-5,7-8,12H2. The van der Waals surface area contributed by atoms with Gasteiger partial charge in [0.15, 0.2) is 0 Å². The number of nitrogens with zero attached hydrogens (tertiary/aromatic N) is 2. The Kier molecular flexibility index (Phi) is 3.21. The lowest BCUT2D eigenvalue weighted by Gasteiger charge is -2.44. The van der Waals surface area contributed by atoms with Gasteiger partial charge in [-0.05, 0) is 49.8 Å². The second kappa shape index (κ2) is 5.21. The summed E-state index contributed by atoms with van der Waals surface area (Å²) in [5.41, 5.74) is 0.730. The Bertz CT molecular complexity index is 653. The molecule has 21 heavy (non-hydrogen) atoms. The van der Waals surface area contributed by atoms with Gasteiger partial charge in [-0.25, -0.2) is 4.98 Å². The Morgan fingerprint density at radius 1 is 1.00 bits per heavy atom. The largest absolute Gasteiger partial charge is 0.506 e. The molecule has 1 aromatic heterocycles. The van der Waals surface area contributed by atoms with E-state index < -0.39 is 0 Å².